The highest BCUT2D eigenvalue weighted by Gasteiger charge is 2.17. The molecule has 5 heteroatoms. The van der Waals surface area contributed by atoms with Crippen LogP contribution < -0.4 is 14.2 Å². The highest BCUT2D eigenvalue weighted by atomic mass is 16.5. The van der Waals surface area contributed by atoms with Crippen LogP contribution in [-0.2, 0) is 6.42 Å². The van der Waals surface area contributed by atoms with E-state index in [4.69, 9.17) is 19.3 Å². The van der Waals surface area contributed by atoms with E-state index < -0.39 is 6.10 Å². The average molecular weight is 298 g/mol. The largest absolute Gasteiger partial charge is 0.490 e. The first-order chi connectivity index (χ1) is 10.2. The van der Waals surface area contributed by atoms with Gasteiger partial charge in [0.2, 0.25) is 5.75 Å². The van der Waals surface area contributed by atoms with Gasteiger partial charge in [-0.1, -0.05) is 6.07 Å². The molecule has 0 spiro atoms. The smallest absolute Gasteiger partial charge is 0.203 e. The van der Waals surface area contributed by atoms with Gasteiger partial charge in [0.05, 0.1) is 32.5 Å². The molecular weight excluding hydrogens is 272 g/mol. The fourth-order valence-electron chi connectivity index (χ4n) is 2.05. The van der Waals surface area contributed by atoms with Gasteiger partial charge in [0.15, 0.2) is 11.5 Å². The van der Waals surface area contributed by atoms with Gasteiger partial charge >= 0.3 is 0 Å². The Hall–Kier alpha value is -1.46. The van der Waals surface area contributed by atoms with Crippen molar-refractivity contribution in [1.82, 2.24) is 0 Å². The van der Waals surface area contributed by atoms with Crippen molar-refractivity contribution in [2.75, 3.05) is 26.4 Å². The van der Waals surface area contributed by atoms with Crippen molar-refractivity contribution in [1.29, 1.82) is 0 Å². The quantitative estimate of drug-likeness (QED) is 0.693. The number of hydrogen-bond acceptors (Lipinski definition) is 5. The zero-order valence-electron chi connectivity index (χ0n) is 13.1. The van der Waals surface area contributed by atoms with E-state index in [2.05, 4.69) is 0 Å². The second kappa shape index (κ2) is 9.47. The Balaban J connectivity index is 3.08. The number of aryl methyl sites for hydroxylation is 1. The minimum atomic E-state index is -0.721. The first-order valence-electron chi connectivity index (χ1n) is 7.50. The van der Waals surface area contributed by atoms with Gasteiger partial charge in [0, 0.05) is 0 Å². The highest BCUT2D eigenvalue weighted by Crippen LogP contribution is 2.41. The van der Waals surface area contributed by atoms with Crippen molar-refractivity contribution in [3.8, 4) is 17.2 Å². The van der Waals surface area contributed by atoms with Gasteiger partial charge in [-0.15, -0.1) is 0 Å². The molecule has 0 aliphatic carbocycles. The van der Waals surface area contributed by atoms with E-state index >= 15 is 0 Å². The Bertz CT molecular complexity index is 419. The Labute approximate surface area is 126 Å². The van der Waals surface area contributed by atoms with Crippen molar-refractivity contribution in [3.63, 3.8) is 0 Å². The molecule has 1 aromatic carbocycles. The standard InChI is InChI=1S/C16H26O5/c1-4-19-14-10-8-12(7-9-13(18)11-17)15(20-5-2)16(14)21-6-3/h8,10,13,17-18H,4-7,9,11H2,1-3H3. The lowest BCUT2D eigenvalue weighted by Gasteiger charge is -2.19. The van der Waals surface area contributed by atoms with E-state index in [1.54, 1.807) is 0 Å². The van der Waals surface area contributed by atoms with Crippen molar-refractivity contribution in [2.45, 2.75) is 39.7 Å². The van der Waals surface area contributed by atoms with E-state index in [0.717, 1.165) is 5.56 Å². The molecule has 0 saturated carbocycles. The third kappa shape index (κ3) is 5.10. The molecule has 0 bridgehead atoms. The minimum absolute atomic E-state index is 0.237. The summed E-state index contributed by atoms with van der Waals surface area (Å²) in [6, 6.07) is 3.78. The number of benzene rings is 1. The summed E-state index contributed by atoms with van der Waals surface area (Å²) >= 11 is 0. The molecule has 1 atom stereocenters. The normalized spacial score (nSPS) is 12.0. The second-order valence-electron chi connectivity index (χ2n) is 4.56. The van der Waals surface area contributed by atoms with E-state index in [9.17, 15) is 5.11 Å². The fraction of sp³-hybridized carbons (Fsp3) is 0.625. The molecule has 1 aromatic rings. The van der Waals surface area contributed by atoms with Crippen LogP contribution in [0.5, 0.6) is 17.2 Å². The third-order valence-electron chi connectivity index (χ3n) is 2.99. The van der Waals surface area contributed by atoms with Crippen LogP contribution in [0.1, 0.15) is 32.8 Å². The van der Waals surface area contributed by atoms with Crippen molar-refractivity contribution in [2.24, 2.45) is 0 Å². The van der Waals surface area contributed by atoms with Crippen molar-refractivity contribution >= 4 is 0 Å². The highest BCUT2D eigenvalue weighted by molar-refractivity contribution is 5.56. The van der Waals surface area contributed by atoms with E-state index in [1.807, 2.05) is 32.9 Å². The summed E-state index contributed by atoms with van der Waals surface area (Å²) in [5.74, 6) is 1.93. The Morgan fingerprint density at radius 3 is 2.14 bits per heavy atom. The predicted octanol–water partition coefficient (Wildman–Crippen LogP) is 2.17. The molecule has 0 radical (unpaired) electrons. The maximum Gasteiger partial charge on any atom is 0.203 e. The zero-order chi connectivity index (χ0) is 15.7. The number of hydrogen-bond donors (Lipinski definition) is 2. The van der Waals surface area contributed by atoms with Crippen LogP contribution in [0.15, 0.2) is 12.1 Å². The number of ether oxygens (including phenoxy) is 3. The van der Waals surface area contributed by atoms with E-state index in [-0.39, 0.29) is 6.61 Å². The molecule has 1 unspecified atom stereocenters. The number of aliphatic hydroxyl groups is 2. The summed E-state index contributed by atoms with van der Waals surface area (Å²) in [5.41, 5.74) is 0.941. The maximum atomic E-state index is 9.50. The van der Waals surface area contributed by atoms with Crippen LogP contribution >= 0.6 is 0 Å². The lowest BCUT2D eigenvalue weighted by molar-refractivity contribution is 0.0883. The summed E-state index contributed by atoms with van der Waals surface area (Å²) in [4.78, 5) is 0. The van der Waals surface area contributed by atoms with Crippen molar-refractivity contribution < 1.29 is 24.4 Å². The molecule has 0 aromatic heterocycles. The maximum absolute atomic E-state index is 9.50. The molecule has 0 amide bonds. The minimum Gasteiger partial charge on any atom is -0.490 e. The van der Waals surface area contributed by atoms with Crippen LogP contribution in [0.25, 0.3) is 0 Å². The van der Waals surface area contributed by atoms with E-state index in [1.165, 1.54) is 0 Å². The summed E-state index contributed by atoms with van der Waals surface area (Å²) in [6.45, 7) is 7.09. The van der Waals surface area contributed by atoms with Crippen LogP contribution in [0, 0.1) is 0 Å². The fourth-order valence-corrected chi connectivity index (χ4v) is 2.05. The predicted molar refractivity (Wildman–Crippen MR) is 81.4 cm³/mol. The summed E-state index contributed by atoms with van der Waals surface area (Å²) < 4.78 is 17.0. The molecule has 2 N–H and O–H groups in total. The molecule has 120 valence electrons. The molecule has 0 aliphatic rings. The molecule has 0 heterocycles. The van der Waals surface area contributed by atoms with Crippen molar-refractivity contribution in [3.05, 3.63) is 17.7 Å². The van der Waals surface area contributed by atoms with Gasteiger partial charge in [-0.05, 0) is 45.2 Å². The molecular formula is C16H26O5. The Morgan fingerprint density at radius 1 is 0.952 bits per heavy atom. The van der Waals surface area contributed by atoms with Gasteiger partial charge in [0.1, 0.15) is 0 Å². The van der Waals surface area contributed by atoms with Crippen LogP contribution in [0.2, 0.25) is 0 Å². The monoisotopic (exact) mass is 298 g/mol. The molecule has 5 nitrogen and oxygen atoms in total. The lowest BCUT2D eigenvalue weighted by Crippen LogP contribution is -2.13. The van der Waals surface area contributed by atoms with Crippen LogP contribution in [0.4, 0.5) is 0 Å². The Kier molecular flexibility index (Phi) is 7.93. The molecule has 21 heavy (non-hydrogen) atoms. The topological polar surface area (TPSA) is 68.2 Å². The first-order valence-corrected chi connectivity index (χ1v) is 7.50. The average Bonchev–Trinajstić information content (AvgIpc) is 2.49. The second-order valence-corrected chi connectivity index (χ2v) is 4.56. The van der Waals surface area contributed by atoms with Crippen LogP contribution in [-0.4, -0.2) is 42.7 Å². The summed E-state index contributed by atoms with van der Waals surface area (Å²) in [6.07, 6.45) is 0.348. The Morgan fingerprint density at radius 2 is 1.57 bits per heavy atom. The third-order valence-corrected chi connectivity index (χ3v) is 2.99. The van der Waals surface area contributed by atoms with Gasteiger partial charge in [-0.3, -0.25) is 0 Å². The van der Waals surface area contributed by atoms with E-state index in [0.29, 0.717) is 49.9 Å². The van der Waals surface area contributed by atoms with Gasteiger partial charge in [0.25, 0.3) is 0 Å². The number of rotatable bonds is 10. The lowest BCUT2D eigenvalue weighted by atomic mass is 10.0. The number of aliphatic hydroxyl groups excluding tert-OH is 2. The summed E-state index contributed by atoms with van der Waals surface area (Å²) in [5, 5.41) is 18.4. The van der Waals surface area contributed by atoms with Gasteiger partial charge in [-0.25, -0.2) is 0 Å². The SMILES string of the molecule is CCOc1ccc(CCC(O)CO)c(OCC)c1OCC. The molecule has 0 fully saturated rings. The molecule has 1 rings (SSSR count). The molecule has 0 aliphatic heterocycles. The summed E-state index contributed by atoms with van der Waals surface area (Å²) in [7, 11) is 0. The zero-order valence-corrected chi connectivity index (χ0v) is 13.1. The van der Waals surface area contributed by atoms with Gasteiger partial charge < -0.3 is 24.4 Å². The molecule has 0 saturated heterocycles. The van der Waals surface area contributed by atoms with Gasteiger partial charge in [-0.2, -0.15) is 0 Å². The first kappa shape index (κ1) is 17.6. The van der Waals surface area contributed by atoms with Crippen LogP contribution in [0.3, 0.4) is 0 Å².